The fourth-order valence-corrected chi connectivity index (χ4v) is 3.04. The highest BCUT2D eigenvalue weighted by molar-refractivity contribution is 6.32. The molecule has 1 unspecified atom stereocenters. The van der Waals surface area contributed by atoms with E-state index in [4.69, 9.17) is 16.3 Å². The number of hydrogen-bond acceptors (Lipinski definition) is 2. The summed E-state index contributed by atoms with van der Waals surface area (Å²) in [6.07, 6.45) is 7.91. The summed E-state index contributed by atoms with van der Waals surface area (Å²) in [5.74, 6) is 1.33. The Morgan fingerprint density at radius 2 is 1.96 bits per heavy atom. The van der Waals surface area contributed by atoms with Crippen LogP contribution in [0, 0.1) is 0 Å². The highest BCUT2D eigenvalue weighted by Gasteiger charge is 2.13. The first kappa shape index (κ1) is 17.8. The van der Waals surface area contributed by atoms with Crippen LogP contribution in [0.25, 0.3) is 0 Å². The van der Waals surface area contributed by atoms with E-state index in [9.17, 15) is 0 Å². The molecule has 0 spiro atoms. The molecule has 0 aliphatic carbocycles. The predicted molar refractivity (Wildman–Crippen MR) is 97.2 cm³/mol. The third-order valence-electron chi connectivity index (χ3n) is 4.07. The summed E-state index contributed by atoms with van der Waals surface area (Å²) in [7, 11) is 0. The maximum atomic E-state index is 6.43. The number of rotatable bonds is 9. The Labute approximate surface area is 144 Å². The van der Waals surface area contributed by atoms with Crippen molar-refractivity contribution in [1.29, 1.82) is 0 Å². The molecule has 23 heavy (non-hydrogen) atoms. The van der Waals surface area contributed by atoms with Crippen LogP contribution in [-0.4, -0.2) is 4.98 Å². The van der Waals surface area contributed by atoms with Crippen molar-refractivity contribution in [3.8, 4) is 5.75 Å². The summed E-state index contributed by atoms with van der Waals surface area (Å²) >= 11 is 6.43. The molecule has 0 radical (unpaired) electrons. The molecule has 2 nitrogen and oxygen atoms in total. The number of nitrogens with zero attached hydrogens (tertiary/aromatic N) is 1. The van der Waals surface area contributed by atoms with Gasteiger partial charge in [0, 0.05) is 6.20 Å². The zero-order valence-electron chi connectivity index (χ0n) is 14.1. The first-order valence-corrected chi connectivity index (χ1v) is 8.94. The van der Waals surface area contributed by atoms with Gasteiger partial charge < -0.3 is 4.74 Å². The van der Waals surface area contributed by atoms with Crippen LogP contribution >= 0.6 is 11.6 Å². The van der Waals surface area contributed by atoms with Gasteiger partial charge in [0.25, 0.3) is 0 Å². The number of aromatic nitrogens is 1. The maximum Gasteiger partial charge on any atom is 0.138 e. The van der Waals surface area contributed by atoms with E-state index >= 15 is 0 Å². The van der Waals surface area contributed by atoms with Gasteiger partial charge in [-0.2, -0.15) is 0 Å². The molecule has 3 heteroatoms. The summed E-state index contributed by atoms with van der Waals surface area (Å²) in [4.78, 5) is 4.26. The first-order valence-electron chi connectivity index (χ1n) is 8.56. The predicted octanol–water partition coefficient (Wildman–Crippen LogP) is 6.39. The minimum Gasteiger partial charge on any atom is -0.486 e. The highest BCUT2D eigenvalue weighted by Crippen LogP contribution is 2.33. The van der Waals surface area contributed by atoms with E-state index in [1.165, 1.54) is 37.7 Å². The Balaban J connectivity index is 2.03. The summed E-state index contributed by atoms with van der Waals surface area (Å²) in [6, 6.07) is 12.0. The van der Waals surface area contributed by atoms with Crippen LogP contribution in [0.5, 0.6) is 5.75 Å². The monoisotopic (exact) mass is 331 g/mol. The van der Waals surface area contributed by atoms with Crippen molar-refractivity contribution in [2.75, 3.05) is 0 Å². The molecule has 0 bridgehead atoms. The molecule has 1 aromatic heterocycles. The third kappa shape index (κ3) is 5.54. The smallest absolute Gasteiger partial charge is 0.138 e. The first-order chi connectivity index (χ1) is 11.2. The van der Waals surface area contributed by atoms with Crippen LogP contribution in [0.1, 0.15) is 63.1 Å². The number of pyridine rings is 1. The zero-order chi connectivity index (χ0) is 16.5. The molecule has 1 atom stereocenters. The Hall–Kier alpha value is -1.54. The molecule has 0 saturated heterocycles. The van der Waals surface area contributed by atoms with Gasteiger partial charge in [0.1, 0.15) is 12.4 Å². The van der Waals surface area contributed by atoms with Crippen molar-refractivity contribution in [3.63, 3.8) is 0 Å². The molecular formula is C20H26ClNO. The van der Waals surface area contributed by atoms with Crippen molar-refractivity contribution in [1.82, 2.24) is 4.98 Å². The van der Waals surface area contributed by atoms with E-state index < -0.39 is 0 Å². The van der Waals surface area contributed by atoms with Gasteiger partial charge >= 0.3 is 0 Å². The molecule has 124 valence electrons. The van der Waals surface area contributed by atoms with E-state index in [0.29, 0.717) is 17.5 Å². The van der Waals surface area contributed by atoms with Crippen molar-refractivity contribution < 1.29 is 4.74 Å². The lowest BCUT2D eigenvalue weighted by molar-refractivity contribution is 0.301. The molecule has 0 N–H and O–H groups in total. The van der Waals surface area contributed by atoms with Gasteiger partial charge in [0.2, 0.25) is 0 Å². The summed E-state index contributed by atoms with van der Waals surface area (Å²) in [6.45, 7) is 4.92. The van der Waals surface area contributed by atoms with Gasteiger partial charge in [-0.3, -0.25) is 4.98 Å². The number of unbranched alkanes of at least 4 members (excludes halogenated alkanes) is 1. The minimum atomic E-state index is 0.439. The maximum absolute atomic E-state index is 6.43. The van der Waals surface area contributed by atoms with Crippen molar-refractivity contribution >= 4 is 11.6 Å². The SMILES string of the molecule is CCCCC(CCC)c1ccc(OCc2ccccn2)c(Cl)c1. The van der Waals surface area contributed by atoms with E-state index in [1.807, 2.05) is 24.3 Å². The molecular weight excluding hydrogens is 306 g/mol. The standard InChI is InChI=1S/C20H26ClNO/c1-3-5-9-16(8-4-2)17-11-12-20(19(21)14-17)23-15-18-10-6-7-13-22-18/h6-7,10-14,16H,3-5,8-9,15H2,1-2H3. The van der Waals surface area contributed by atoms with Crippen LogP contribution in [0.3, 0.4) is 0 Å². The number of benzene rings is 1. The molecule has 1 heterocycles. The van der Waals surface area contributed by atoms with Crippen LogP contribution < -0.4 is 4.74 Å². The average Bonchev–Trinajstić information content (AvgIpc) is 2.58. The Morgan fingerprint density at radius 1 is 1.09 bits per heavy atom. The van der Waals surface area contributed by atoms with Gasteiger partial charge in [-0.15, -0.1) is 0 Å². The number of ether oxygens (including phenoxy) is 1. The third-order valence-corrected chi connectivity index (χ3v) is 4.37. The lowest BCUT2D eigenvalue weighted by atomic mass is 9.90. The van der Waals surface area contributed by atoms with Gasteiger partial charge in [0.15, 0.2) is 0 Å². The van der Waals surface area contributed by atoms with E-state index in [2.05, 4.69) is 31.0 Å². The van der Waals surface area contributed by atoms with Gasteiger partial charge in [-0.25, -0.2) is 0 Å². The fraction of sp³-hybridized carbons (Fsp3) is 0.450. The molecule has 0 aliphatic rings. The van der Waals surface area contributed by atoms with Crippen LogP contribution in [-0.2, 0) is 6.61 Å². The molecule has 1 aromatic carbocycles. The molecule has 2 aromatic rings. The normalized spacial score (nSPS) is 12.1. The zero-order valence-corrected chi connectivity index (χ0v) is 14.9. The highest BCUT2D eigenvalue weighted by atomic mass is 35.5. The lowest BCUT2D eigenvalue weighted by Crippen LogP contribution is -2.01. The summed E-state index contributed by atoms with van der Waals surface area (Å²) in [5, 5.41) is 0.691. The Morgan fingerprint density at radius 3 is 2.61 bits per heavy atom. The van der Waals surface area contributed by atoms with Crippen molar-refractivity contribution in [3.05, 3.63) is 58.9 Å². The molecule has 0 saturated carbocycles. The lowest BCUT2D eigenvalue weighted by Gasteiger charge is -2.18. The van der Waals surface area contributed by atoms with Gasteiger partial charge in [-0.05, 0) is 48.6 Å². The minimum absolute atomic E-state index is 0.439. The second-order valence-electron chi connectivity index (χ2n) is 5.93. The number of hydrogen-bond donors (Lipinski definition) is 0. The van der Waals surface area contributed by atoms with Crippen molar-refractivity contribution in [2.45, 2.75) is 58.5 Å². The number of halogens is 1. The van der Waals surface area contributed by atoms with E-state index in [0.717, 1.165) is 11.4 Å². The fourth-order valence-electron chi connectivity index (χ4n) is 2.80. The largest absolute Gasteiger partial charge is 0.486 e. The molecule has 0 amide bonds. The second-order valence-corrected chi connectivity index (χ2v) is 6.33. The molecule has 2 rings (SSSR count). The van der Waals surface area contributed by atoms with Crippen LogP contribution in [0.15, 0.2) is 42.6 Å². The summed E-state index contributed by atoms with van der Waals surface area (Å²) in [5.41, 5.74) is 2.23. The molecule has 0 aliphatic heterocycles. The van der Waals surface area contributed by atoms with Crippen LogP contribution in [0.4, 0.5) is 0 Å². The van der Waals surface area contributed by atoms with Crippen molar-refractivity contribution in [2.24, 2.45) is 0 Å². The quantitative estimate of drug-likeness (QED) is 0.531. The topological polar surface area (TPSA) is 22.1 Å². The van der Waals surface area contributed by atoms with E-state index in [1.54, 1.807) is 6.20 Å². The Kier molecular flexibility index (Phi) is 7.41. The van der Waals surface area contributed by atoms with Crippen LogP contribution in [0.2, 0.25) is 5.02 Å². The van der Waals surface area contributed by atoms with Gasteiger partial charge in [-0.1, -0.05) is 56.8 Å². The second kappa shape index (κ2) is 9.57. The summed E-state index contributed by atoms with van der Waals surface area (Å²) < 4.78 is 5.80. The Bertz CT molecular complexity index is 585. The molecule has 0 fully saturated rings. The average molecular weight is 332 g/mol. The van der Waals surface area contributed by atoms with Gasteiger partial charge in [0.05, 0.1) is 10.7 Å². The van der Waals surface area contributed by atoms with E-state index in [-0.39, 0.29) is 0 Å².